The molecule has 0 bridgehead atoms. The average Bonchev–Trinajstić information content (AvgIpc) is 2.77. The van der Waals surface area contributed by atoms with E-state index in [0.29, 0.717) is 30.4 Å². The van der Waals surface area contributed by atoms with Gasteiger partial charge in [0.1, 0.15) is 25.6 Å². The lowest BCUT2D eigenvalue weighted by atomic mass is 10.1. The van der Waals surface area contributed by atoms with Crippen LogP contribution in [0.3, 0.4) is 0 Å². The summed E-state index contributed by atoms with van der Waals surface area (Å²) in [7, 11) is -3.73. The van der Waals surface area contributed by atoms with Crippen LogP contribution in [-0.2, 0) is 10.0 Å². The summed E-state index contributed by atoms with van der Waals surface area (Å²) in [5, 5.41) is 7.98. The molecule has 0 fully saturated rings. The molecule has 1 aliphatic heterocycles. The van der Waals surface area contributed by atoms with Gasteiger partial charge >= 0.3 is 0 Å². The summed E-state index contributed by atoms with van der Waals surface area (Å²) in [5.41, 5.74) is 1.30. The molecule has 3 aromatic rings. The molecule has 0 spiro atoms. The highest BCUT2D eigenvalue weighted by atomic mass is 32.2. The molecule has 1 aromatic heterocycles. The number of aromatic nitrogens is 2. The maximum Gasteiger partial charge on any atom is 0.240 e. The van der Waals surface area contributed by atoms with Crippen molar-refractivity contribution >= 4 is 10.0 Å². The number of fused-ring (bicyclic) bond motifs is 1. The molecular formula is C20H18FN3O5S. The molecule has 0 atom stereocenters. The molecule has 30 heavy (non-hydrogen) atoms. The lowest BCUT2D eigenvalue weighted by Crippen LogP contribution is -2.28. The molecule has 4 rings (SSSR count). The predicted octanol–water partition coefficient (Wildman–Crippen LogP) is 2.41. The van der Waals surface area contributed by atoms with Crippen LogP contribution in [0.25, 0.3) is 11.3 Å². The van der Waals surface area contributed by atoms with Crippen molar-refractivity contribution < 1.29 is 27.0 Å². The van der Waals surface area contributed by atoms with Crippen LogP contribution in [0.4, 0.5) is 4.39 Å². The molecule has 10 heteroatoms. The van der Waals surface area contributed by atoms with E-state index in [1.807, 2.05) is 0 Å². The first-order valence-electron chi connectivity index (χ1n) is 9.13. The molecule has 156 valence electrons. The molecule has 0 aliphatic carbocycles. The average molecular weight is 431 g/mol. The van der Waals surface area contributed by atoms with Crippen molar-refractivity contribution in [3.05, 3.63) is 60.4 Å². The second-order valence-corrected chi connectivity index (χ2v) is 8.08. The molecule has 2 heterocycles. The first-order valence-corrected chi connectivity index (χ1v) is 10.6. The minimum absolute atomic E-state index is 0.0398. The van der Waals surface area contributed by atoms with Gasteiger partial charge in [0.05, 0.1) is 10.6 Å². The van der Waals surface area contributed by atoms with Crippen molar-refractivity contribution in [1.29, 1.82) is 0 Å². The summed E-state index contributed by atoms with van der Waals surface area (Å²) in [6, 6.07) is 13.6. The van der Waals surface area contributed by atoms with Gasteiger partial charge in [-0.3, -0.25) is 0 Å². The first-order chi connectivity index (χ1) is 14.5. The van der Waals surface area contributed by atoms with E-state index in [1.165, 1.54) is 24.3 Å². The molecule has 0 amide bonds. The van der Waals surface area contributed by atoms with Crippen molar-refractivity contribution in [2.24, 2.45) is 0 Å². The smallest absolute Gasteiger partial charge is 0.240 e. The Kier molecular flexibility index (Phi) is 5.77. The third-order valence-corrected chi connectivity index (χ3v) is 5.71. The van der Waals surface area contributed by atoms with Crippen LogP contribution in [0.5, 0.6) is 17.4 Å². The van der Waals surface area contributed by atoms with Crippen molar-refractivity contribution in [1.82, 2.24) is 14.9 Å². The Labute approximate surface area is 172 Å². The van der Waals surface area contributed by atoms with Crippen LogP contribution in [0.1, 0.15) is 0 Å². The van der Waals surface area contributed by atoms with E-state index in [4.69, 9.17) is 14.2 Å². The summed E-state index contributed by atoms with van der Waals surface area (Å²) >= 11 is 0. The molecule has 1 N–H and O–H groups in total. The predicted molar refractivity (Wildman–Crippen MR) is 106 cm³/mol. The molecule has 0 radical (unpaired) electrons. The Bertz CT molecular complexity index is 1120. The monoisotopic (exact) mass is 431 g/mol. The van der Waals surface area contributed by atoms with Gasteiger partial charge in [-0.25, -0.2) is 17.5 Å². The SMILES string of the molecule is O=S(=O)(NCCOc1ccc(-c2ccc(F)cc2)nn1)c1ccc2c(c1)OCCO2. The number of sulfonamides is 1. The van der Waals surface area contributed by atoms with Crippen LogP contribution in [0, 0.1) is 5.82 Å². The molecule has 1 aliphatic rings. The number of hydrogen-bond acceptors (Lipinski definition) is 7. The minimum Gasteiger partial charge on any atom is -0.486 e. The van der Waals surface area contributed by atoms with E-state index in [0.717, 1.165) is 5.56 Å². The van der Waals surface area contributed by atoms with Gasteiger partial charge in [-0.05, 0) is 42.5 Å². The number of ether oxygens (including phenoxy) is 3. The topological polar surface area (TPSA) is 99.6 Å². The van der Waals surface area contributed by atoms with E-state index in [2.05, 4.69) is 14.9 Å². The maximum atomic E-state index is 13.0. The van der Waals surface area contributed by atoms with E-state index in [9.17, 15) is 12.8 Å². The van der Waals surface area contributed by atoms with Gasteiger partial charge in [-0.2, -0.15) is 0 Å². The van der Waals surface area contributed by atoms with Gasteiger partial charge in [-0.1, -0.05) is 0 Å². The van der Waals surface area contributed by atoms with Crippen LogP contribution in [0.15, 0.2) is 59.5 Å². The van der Waals surface area contributed by atoms with E-state index < -0.39 is 10.0 Å². The fraction of sp³-hybridized carbons (Fsp3) is 0.200. The zero-order valence-electron chi connectivity index (χ0n) is 15.7. The number of rotatable bonds is 7. The molecule has 8 nitrogen and oxygen atoms in total. The summed E-state index contributed by atoms with van der Waals surface area (Å²) in [4.78, 5) is 0.0789. The summed E-state index contributed by atoms with van der Waals surface area (Å²) < 4.78 is 56.6. The maximum absolute atomic E-state index is 13.0. The molecule has 0 unspecified atom stereocenters. The van der Waals surface area contributed by atoms with Crippen molar-refractivity contribution in [3.63, 3.8) is 0 Å². The largest absolute Gasteiger partial charge is 0.486 e. The Balaban J connectivity index is 1.30. The minimum atomic E-state index is -3.73. The highest BCUT2D eigenvalue weighted by Crippen LogP contribution is 2.32. The molecule has 2 aromatic carbocycles. The summed E-state index contributed by atoms with van der Waals surface area (Å²) in [6.45, 7) is 0.910. The van der Waals surface area contributed by atoms with Gasteiger partial charge in [0, 0.05) is 24.2 Å². The van der Waals surface area contributed by atoms with Crippen LogP contribution < -0.4 is 18.9 Å². The van der Waals surface area contributed by atoms with Crippen molar-refractivity contribution in [3.8, 4) is 28.6 Å². The highest BCUT2D eigenvalue weighted by molar-refractivity contribution is 7.89. The summed E-state index contributed by atoms with van der Waals surface area (Å²) in [6.07, 6.45) is 0. The lowest BCUT2D eigenvalue weighted by Gasteiger charge is -2.18. The fourth-order valence-electron chi connectivity index (χ4n) is 2.78. The quantitative estimate of drug-likeness (QED) is 0.574. The van der Waals surface area contributed by atoms with Gasteiger partial charge < -0.3 is 14.2 Å². The van der Waals surface area contributed by atoms with E-state index in [1.54, 1.807) is 30.3 Å². The van der Waals surface area contributed by atoms with Crippen molar-refractivity contribution in [2.75, 3.05) is 26.4 Å². The number of nitrogens with zero attached hydrogens (tertiary/aromatic N) is 2. The third-order valence-electron chi connectivity index (χ3n) is 4.25. The Morgan fingerprint density at radius 3 is 2.47 bits per heavy atom. The Morgan fingerprint density at radius 2 is 1.73 bits per heavy atom. The van der Waals surface area contributed by atoms with Crippen LogP contribution >= 0.6 is 0 Å². The number of hydrogen-bond donors (Lipinski definition) is 1. The highest BCUT2D eigenvalue weighted by Gasteiger charge is 2.19. The standard InChI is InChI=1S/C20H18FN3O5S/c21-15-3-1-14(2-4-15)17-6-8-20(24-23-17)29-10-9-22-30(25,26)16-5-7-18-19(13-16)28-12-11-27-18/h1-8,13,22H,9-12H2. The molecule has 0 saturated heterocycles. The Hall–Kier alpha value is -3.24. The normalized spacial score (nSPS) is 13.1. The van der Waals surface area contributed by atoms with Gasteiger partial charge in [0.25, 0.3) is 0 Å². The Morgan fingerprint density at radius 1 is 0.967 bits per heavy atom. The number of halogens is 1. The van der Waals surface area contributed by atoms with Crippen LogP contribution in [0.2, 0.25) is 0 Å². The van der Waals surface area contributed by atoms with Gasteiger partial charge in [0.2, 0.25) is 15.9 Å². The van der Waals surface area contributed by atoms with E-state index >= 15 is 0 Å². The van der Waals surface area contributed by atoms with E-state index in [-0.39, 0.29) is 29.7 Å². The number of benzene rings is 2. The van der Waals surface area contributed by atoms with Gasteiger partial charge in [0.15, 0.2) is 11.5 Å². The van der Waals surface area contributed by atoms with Crippen LogP contribution in [-0.4, -0.2) is 45.0 Å². The lowest BCUT2D eigenvalue weighted by molar-refractivity contribution is 0.171. The third kappa shape index (κ3) is 4.66. The van der Waals surface area contributed by atoms with Crippen molar-refractivity contribution in [2.45, 2.75) is 4.90 Å². The molecule has 0 saturated carbocycles. The second-order valence-electron chi connectivity index (χ2n) is 6.32. The fourth-order valence-corrected chi connectivity index (χ4v) is 3.81. The molecular weight excluding hydrogens is 413 g/mol. The zero-order chi connectivity index (χ0) is 21.0. The summed E-state index contributed by atoms with van der Waals surface area (Å²) in [5.74, 6) is 0.841. The zero-order valence-corrected chi connectivity index (χ0v) is 16.6. The van der Waals surface area contributed by atoms with Gasteiger partial charge in [-0.15, -0.1) is 10.2 Å². The number of nitrogens with one attached hydrogen (secondary N) is 1. The first kappa shape index (κ1) is 20.0. The second kappa shape index (κ2) is 8.64.